The van der Waals surface area contributed by atoms with Gasteiger partial charge in [0, 0.05) is 39.4 Å². The summed E-state index contributed by atoms with van der Waals surface area (Å²) in [6, 6.07) is 0. The summed E-state index contributed by atoms with van der Waals surface area (Å²) in [4.78, 5) is 0. The van der Waals surface area contributed by atoms with Gasteiger partial charge in [-0.05, 0) is 20.4 Å². The summed E-state index contributed by atoms with van der Waals surface area (Å²) in [5.41, 5.74) is 3.44. The second-order valence-corrected chi connectivity index (χ2v) is 7.27. The molecule has 0 aromatic heterocycles. The Hall–Kier alpha value is 0.0169. The summed E-state index contributed by atoms with van der Waals surface area (Å²) in [5.74, 6) is 0. The lowest BCUT2D eigenvalue weighted by atomic mass is 10.4. The summed E-state index contributed by atoms with van der Waals surface area (Å²) in [5, 5.41) is 5.58. The van der Waals surface area contributed by atoms with Crippen molar-refractivity contribution in [3.63, 3.8) is 0 Å². The van der Waals surface area contributed by atoms with Crippen molar-refractivity contribution >= 4 is 8.56 Å². The summed E-state index contributed by atoms with van der Waals surface area (Å²) >= 11 is 0. The Morgan fingerprint density at radius 3 is 2.25 bits per heavy atom. The van der Waals surface area contributed by atoms with Gasteiger partial charge in [-0.2, -0.15) is 0 Å². The highest BCUT2D eigenvalue weighted by molar-refractivity contribution is 6.66. The summed E-state index contributed by atoms with van der Waals surface area (Å²) in [6.45, 7) is 11.8. The first-order valence-corrected chi connectivity index (χ1v) is 8.69. The SMILES string of the molecule is CCO[Si](C)(CNN1CCNCC1)OCC. The summed E-state index contributed by atoms with van der Waals surface area (Å²) in [6.07, 6.45) is 0.828. The van der Waals surface area contributed by atoms with Gasteiger partial charge >= 0.3 is 8.56 Å². The predicted molar refractivity (Wildman–Crippen MR) is 67.3 cm³/mol. The quantitative estimate of drug-likeness (QED) is 0.624. The molecule has 1 saturated heterocycles. The molecule has 0 unspecified atom stereocenters. The standard InChI is InChI=1S/C10H25N3O2Si/c1-4-14-16(3,15-5-2)10-12-13-8-6-11-7-9-13/h11-12H,4-10H2,1-3H3. The van der Waals surface area contributed by atoms with Gasteiger partial charge in [0.25, 0.3) is 0 Å². The van der Waals surface area contributed by atoms with Gasteiger partial charge in [-0.3, -0.25) is 5.43 Å². The highest BCUT2D eigenvalue weighted by atomic mass is 28.4. The fourth-order valence-corrected chi connectivity index (χ4v) is 3.85. The average molecular weight is 247 g/mol. The number of hydrogen-bond donors (Lipinski definition) is 2. The maximum Gasteiger partial charge on any atom is 0.350 e. The number of hydrogen-bond acceptors (Lipinski definition) is 5. The first-order valence-electron chi connectivity index (χ1n) is 6.17. The molecule has 0 aromatic carbocycles. The summed E-state index contributed by atoms with van der Waals surface area (Å²) in [7, 11) is -2.01. The van der Waals surface area contributed by atoms with Gasteiger partial charge in [-0.15, -0.1) is 0 Å². The molecule has 6 heteroatoms. The monoisotopic (exact) mass is 247 g/mol. The minimum atomic E-state index is -2.01. The molecule has 0 saturated carbocycles. The predicted octanol–water partition coefficient (Wildman–Crippen LogP) is 0.0804. The lowest BCUT2D eigenvalue weighted by Gasteiger charge is -2.32. The second kappa shape index (κ2) is 7.36. The van der Waals surface area contributed by atoms with E-state index in [0.29, 0.717) is 0 Å². The number of nitrogens with zero attached hydrogens (tertiary/aromatic N) is 1. The van der Waals surface area contributed by atoms with Crippen LogP contribution in [0, 0.1) is 0 Å². The molecule has 1 aliphatic rings. The van der Waals surface area contributed by atoms with Gasteiger partial charge in [0.2, 0.25) is 0 Å². The minimum Gasteiger partial charge on any atom is -0.394 e. The minimum absolute atomic E-state index is 0.728. The van der Waals surface area contributed by atoms with Crippen molar-refractivity contribution in [2.45, 2.75) is 20.4 Å². The zero-order valence-corrected chi connectivity index (χ0v) is 11.7. The third kappa shape index (κ3) is 4.90. The molecule has 1 fully saturated rings. The van der Waals surface area contributed by atoms with E-state index in [1.807, 2.05) is 13.8 Å². The zero-order valence-electron chi connectivity index (χ0n) is 10.7. The Bertz CT molecular complexity index is 183. The number of hydrazine groups is 1. The largest absolute Gasteiger partial charge is 0.394 e. The molecule has 5 nitrogen and oxygen atoms in total. The molecule has 0 aromatic rings. The van der Waals surface area contributed by atoms with E-state index in [4.69, 9.17) is 8.85 Å². The molecule has 0 bridgehead atoms. The molecule has 0 spiro atoms. The van der Waals surface area contributed by atoms with Crippen LogP contribution >= 0.6 is 0 Å². The van der Waals surface area contributed by atoms with Crippen LogP contribution in [0.15, 0.2) is 0 Å². The molecule has 0 atom stereocenters. The molecule has 1 rings (SSSR count). The fraction of sp³-hybridized carbons (Fsp3) is 1.00. The van der Waals surface area contributed by atoms with Crippen molar-refractivity contribution in [1.82, 2.24) is 15.8 Å². The van der Waals surface area contributed by atoms with Crippen LogP contribution in [0.5, 0.6) is 0 Å². The average Bonchev–Trinajstić information content (AvgIpc) is 2.29. The third-order valence-corrected chi connectivity index (χ3v) is 5.24. The van der Waals surface area contributed by atoms with E-state index in [9.17, 15) is 0 Å². The maximum absolute atomic E-state index is 5.77. The maximum atomic E-state index is 5.77. The highest BCUT2D eigenvalue weighted by Crippen LogP contribution is 2.06. The molecule has 1 heterocycles. The molecular formula is C10H25N3O2Si. The van der Waals surface area contributed by atoms with Crippen molar-refractivity contribution < 1.29 is 8.85 Å². The van der Waals surface area contributed by atoms with Crippen molar-refractivity contribution in [1.29, 1.82) is 0 Å². The fourth-order valence-electron chi connectivity index (χ4n) is 1.83. The Kier molecular flexibility index (Phi) is 6.48. The molecule has 0 radical (unpaired) electrons. The summed E-state index contributed by atoms with van der Waals surface area (Å²) < 4.78 is 11.5. The molecule has 16 heavy (non-hydrogen) atoms. The van der Waals surface area contributed by atoms with Crippen LogP contribution < -0.4 is 10.7 Å². The van der Waals surface area contributed by atoms with Crippen LogP contribution in [0.2, 0.25) is 6.55 Å². The van der Waals surface area contributed by atoms with Crippen LogP contribution in [-0.2, 0) is 8.85 Å². The van der Waals surface area contributed by atoms with E-state index in [1.54, 1.807) is 0 Å². The van der Waals surface area contributed by atoms with E-state index >= 15 is 0 Å². The number of rotatable bonds is 7. The normalized spacial score (nSPS) is 18.9. The lowest BCUT2D eigenvalue weighted by molar-refractivity contribution is 0.144. The number of nitrogens with one attached hydrogen (secondary N) is 2. The van der Waals surface area contributed by atoms with Gasteiger partial charge in [0.1, 0.15) is 0 Å². The molecule has 96 valence electrons. The Balaban J connectivity index is 2.30. The van der Waals surface area contributed by atoms with Crippen LogP contribution in [0.3, 0.4) is 0 Å². The van der Waals surface area contributed by atoms with Gasteiger partial charge in [-0.1, -0.05) is 0 Å². The molecule has 2 N–H and O–H groups in total. The van der Waals surface area contributed by atoms with E-state index in [2.05, 4.69) is 22.3 Å². The van der Waals surface area contributed by atoms with Crippen molar-refractivity contribution in [2.24, 2.45) is 0 Å². The lowest BCUT2D eigenvalue weighted by Crippen LogP contribution is -2.57. The number of piperazine rings is 1. The van der Waals surface area contributed by atoms with E-state index in [0.717, 1.165) is 45.6 Å². The first-order chi connectivity index (χ1) is 7.70. The Morgan fingerprint density at radius 2 is 1.75 bits per heavy atom. The first kappa shape index (κ1) is 14.1. The Morgan fingerprint density at radius 1 is 1.19 bits per heavy atom. The van der Waals surface area contributed by atoms with Crippen LogP contribution in [0.25, 0.3) is 0 Å². The van der Waals surface area contributed by atoms with Crippen molar-refractivity contribution in [3.8, 4) is 0 Å². The highest BCUT2D eigenvalue weighted by Gasteiger charge is 2.31. The third-order valence-electron chi connectivity index (χ3n) is 2.64. The van der Waals surface area contributed by atoms with Gasteiger partial charge in [0.15, 0.2) is 0 Å². The van der Waals surface area contributed by atoms with Gasteiger partial charge in [0.05, 0.1) is 6.17 Å². The van der Waals surface area contributed by atoms with Crippen molar-refractivity contribution in [2.75, 3.05) is 45.6 Å². The molecule has 0 aliphatic carbocycles. The van der Waals surface area contributed by atoms with Gasteiger partial charge < -0.3 is 14.2 Å². The van der Waals surface area contributed by atoms with Gasteiger partial charge in [-0.25, -0.2) is 5.01 Å². The van der Waals surface area contributed by atoms with E-state index in [1.165, 1.54) is 0 Å². The van der Waals surface area contributed by atoms with Crippen LogP contribution in [-0.4, -0.2) is 59.1 Å². The molecular weight excluding hydrogens is 222 g/mol. The molecule has 0 amide bonds. The van der Waals surface area contributed by atoms with E-state index in [-0.39, 0.29) is 0 Å². The second-order valence-electron chi connectivity index (χ2n) is 4.07. The Labute approximate surface area is 99.7 Å². The van der Waals surface area contributed by atoms with Crippen molar-refractivity contribution in [3.05, 3.63) is 0 Å². The zero-order chi connectivity index (χ0) is 11.9. The van der Waals surface area contributed by atoms with E-state index < -0.39 is 8.56 Å². The molecule has 1 aliphatic heterocycles. The smallest absolute Gasteiger partial charge is 0.350 e. The van der Waals surface area contributed by atoms with Crippen LogP contribution in [0.4, 0.5) is 0 Å². The topological polar surface area (TPSA) is 45.8 Å². The van der Waals surface area contributed by atoms with Crippen LogP contribution in [0.1, 0.15) is 13.8 Å².